The van der Waals surface area contributed by atoms with Gasteiger partial charge in [0.1, 0.15) is 0 Å². The number of hydrogen-bond acceptors (Lipinski definition) is 4. The molecule has 1 aromatic carbocycles. The lowest BCUT2D eigenvalue weighted by atomic mass is 10.3. The van der Waals surface area contributed by atoms with Crippen LogP contribution in [0.15, 0.2) is 18.2 Å². The third-order valence-corrected chi connectivity index (χ3v) is 4.54. The van der Waals surface area contributed by atoms with Gasteiger partial charge in [-0.1, -0.05) is 25.7 Å². The van der Waals surface area contributed by atoms with Gasteiger partial charge in [0.05, 0.1) is 24.7 Å². The lowest BCUT2D eigenvalue weighted by molar-refractivity contribution is -0.384. The fourth-order valence-corrected chi connectivity index (χ4v) is 2.88. The van der Waals surface area contributed by atoms with E-state index in [9.17, 15) is 10.1 Å². The van der Waals surface area contributed by atoms with E-state index in [0.717, 1.165) is 6.42 Å². The normalized spacial score (nSPS) is 11.2. The van der Waals surface area contributed by atoms with Gasteiger partial charge in [0.15, 0.2) is 11.5 Å². The Morgan fingerprint density at radius 1 is 1.26 bits per heavy atom. The first-order valence-corrected chi connectivity index (χ1v) is 9.99. The summed E-state index contributed by atoms with van der Waals surface area (Å²) < 4.78 is 10.7. The highest BCUT2D eigenvalue weighted by atomic mass is 28.3. The van der Waals surface area contributed by atoms with Crippen molar-refractivity contribution in [1.29, 1.82) is 0 Å². The number of nitrogens with zero attached hydrogens (tertiary/aromatic N) is 1. The van der Waals surface area contributed by atoms with Crippen molar-refractivity contribution in [3.8, 4) is 11.5 Å². The van der Waals surface area contributed by atoms with Crippen molar-refractivity contribution in [2.45, 2.75) is 32.1 Å². The van der Waals surface area contributed by atoms with Crippen LogP contribution in [0.2, 0.25) is 25.7 Å². The van der Waals surface area contributed by atoms with E-state index in [4.69, 9.17) is 9.47 Å². The number of hydrogen-bond donors (Lipinski definition) is 0. The fourth-order valence-electron chi connectivity index (χ4n) is 1.67. The number of nitro benzene ring substituents is 1. The first kappa shape index (κ1) is 15.5. The fraction of sp³-hybridized carbons (Fsp3) is 0.538. The van der Waals surface area contributed by atoms with Gasteiger partial charge in [-0.05, 0) is 12.5 Å². The molecule has 0 amide bonds. The van der Waals surface area contributed by atoms with E-state index in [1.54, 1.807) is 6.07 Å². The zero-order valence-corrected chi connectivity index (χ0v) is 12.9. The molecule has 0 spiro atoms. The molecule has 0 bridgehead atoms. The first-order chi connectivity index (χ1) is 8.83. The third kappa shape index (κ3) is 5.29. The second kappa shape index (κ2) is 6.56. The average Bonchev–Trinajstić information content (AvgIpc) is 2.33. The maximum absolute atomic E-state index is 10.7. The van der Waals surface area contributed by atoms with Crippen LogP contribution in [0.1, 0.15) is 6.42 Å². The van der Waals surface area contributed by atoms with Gasteiger partial charge in [-0.15, -0.1) is 0 Å². The zero-order chi connectivity index (χ0) is 14.5. The molecule has 0 aromatic heterocycles. The summed E-state index contributed by atoms with van der Waals surface area (Å²) >= 11 is 0. The summed E-state index contributed by atoms with van der Waals surface area (Å²) in [6.45, 7) is 7.57. The van der Waals surface area contributed by atoms with Gasteiger partial charge in [-0.2, -0.15) is 0 Å². The minimum atomic E-state index is -1.04. The van der Waals surface area contributed by atoms with Gasteiger partial charge in [-0.3, -0.25) is 10.1 Å². The van der Waals surface area contributed by atoms with Gasteiger partial charge in [0.2, 0.25) is 0 Å². The Balaban J connectivity index is 2.61. The highest BCUT2D eigenvalue weighted by Crippen LogP contribution is 2.31. The minimum Gasteiger partial charge on any atom is -0.493 e. The Hall–Kier alpha value is -1.56. The maximum Gasteiger partial charge on any atom is 0.273 e. The standard InChI is InChI=1S/C13H21NO4Si/c1-17-13-10-11(14(15)16)6-7-12(13)18-8-5-9-19(2,3)4/h6-7,10H,5,8-9H2,1-4H3. The molecule has 0 aliphatic heterocycles. The Kier molecular flexibility index (Phi) is 5.35. The van der Waals surface area contributed by atoms with Crippen LogP contribution in [0, 0.1) is 10.1 Å². The topological polar surface area (TPSA) is 61.6 Å². The van der Waals surface area contributed by atoms with Crippen molar-refractivity contribution in [2.24, 2.45) is 0 Å². The molecule has 106 valence electrons. The summed E-state index contributed by atoms with van der Waals surface area (Å²) in [5, 5.41) is 10.7. The lowest BCUT2D eigenvalue weighted by Gasteiger charge is -2.16. The smallest absolute Gasteiger partial charge is 0.273 e. The number of non-ortho nitro benzene ring substituents is 1. The number of methoxy groups -OCH3 is 1. The van der Waals surface area contributed by atoms with Crippen molar-refractivity contribution >= 4 is 13.8 Å². The first-order valence-electron chi connectivity index (χ1n) is 6.29. The van der Waals surface area contributed by atoms with Crippen LogP contribution < -0.4 is 9.47 Å². The molecule has 0 saturated heterocycles. The molecular formula is C13H21NO4Si. The molecule has 5 nitrogen and oxygen atoms in total. The minimum absolute atomic E-state index is 0.00583. The van der Waals surface area contributed by atoms with Crippen LogP contribution in [-0.4, -0.2) is 26.7 Å². The van der Waals surface area contributed by atoms with Crippen molar-refractivity contribution in [3.05, 3.63) is 28.3 Å². The molecule has 0 heterocycles. The van der Waals surface area contributed by atoms with Crippen LogP contribution in [0.4, 0.5) is 5.69 Å². The molecular weight excluding hydrogens is 262 g/mol. The van der Waals surface area contributed by atoms with E-state index in [2.05, 4.69) is 19.6 Å². The van der Waals surface area contributed by atoms with Gasteiger partial charge < -0.3 is 9.47 Å². The van der Waals surface area contributed by atoms with Gasteiger partial charge in [0, 0.05) is 14.1 Å². The molecule has 0 unspecified atom stereocenters. The molecule has 1 aromatic rings. The van der Waals surface area contributed by atoms with Crippen molar-refractivity contribution in [1.82, 2.24) is 0 Å². The summed E-state index contributed by atoms with van der Waals surface area (Å²) in [7, 11) is 0.438. The van der Waals surface area contributed by atoms with Crippen LogP contribution in [0.25, 0.3) is 0 Å². The van der Waals surface area contributed by atoms with Crippen molar-refractivity contribution in [3.63, 3.8) is 0 Å². The van der Waals surface area contributed by atoms with Gasteiger partial charge in [0.25, 0.3) is 5.69 Å². The summed E-state index contributed by atoms with van der Waals surface area (Å²) in [5.74, 6) is 0.964. The zero-order valence-electron chi connectivity index (χ0n) is 11.9. The molecule has 0 radical (unpaired) electrons. The quantitative estimate of drug-likeness (QED) is 0.331. The number of nitro groups is 1. The maximum atomic E-state index is 10.7. The molecule has 19 heavy (non-hydrogen) atoms. The Bertz CT molecular complexity index is 443. The molecule has 1 rings (SSSR count). The molecule has 6 heteroatoms. The van der Waals surface area contributed by atoms with E-state index in [1.807, 2.05) is 0 Å². The second-order valence-corrected chi connectivity index (χ2v) is 11.2. The highest BCUT2D eigenvalue weighted by molar-refractivity contribution is 6.76. The monoisotopic (exact) mass is 283 g/mol. The molecule has 0 aliphatic rings. The third-order valence-electron chi connectivity index (χ3n) is 2.69. The SMILES string of the molecule is COc1cc([N+](=O)[O-])ccc1OCCC[Si](C)(C)C. The summed E-state index contributed by atoms with van der Waals surface area (Å²) in [5.41, 5.74) is 0.00583. The van der Waals surface area contributed by atoms with Crippen LogP contribution in [-0.2, 0) is 0 Å². The number of ether oxygens (including phenoxy) is 2. The highest BCUT2D eigenvalue weighted by Gasteiger charge is 2.14. The Labute approximate surface area is 114 Å². The molecule has 0 fully saturated rings. The molecule has 0 saturated carbocycles. The predicted molar refractivity (Wildman–Crippen MR) is 77.9 cm³/mol. The van der Waals surface area contributed by atoms with E-state index in [1.165, 1.54) is 25.3 Å². The van der Waals surface area contributed by atoms with Crippen molar-refractivity contribution < 1.29 is 14.4 Å². The Morgan fingerprint density at radius 2 is 1.95 bits per heavy atom. The number of rotatable bonds is 7. The largest absolute Gasteiger partial charge is 0.493 e. The van der Waals surface area contributed by atoms with Crippen LogP contribution in [0.3, 0.4) is 0 Å². The van der Waals surface area contributed by atoms with Gasteiger partial charge in [-0.25, -0.2) is 0 Å². The number of benzene rings is 1. The van der Waals surface area contributed by atoms with Gasteiger partial charge >= 0.3 is 0 Å². The van der Waals surface area contributed by atoms with Crippen molar-refractivity contribution in [2.75, 3.05) is 13.7 Å². The predicted octanol–water partition coefficient (Wildman–Crippen LogP) is 3.71. The van der Waals surface area contributed by atoms with E-state index in [-0.39, 0.29) is 5.69 Å². The summed E-state index contributed by atoms with van der Waals surface area (Å²) in [6, 6.07) is 5.60. The van der Waals surface area contributed by atoms with Crippen LogP contribution >= 0.6 is 0 Å². The lowest BCUT2D eigenvalue weighted by Crippen LogP contribution is -2.20. The van der Waals surface area contributed by atoms with Crippen LogP contribution in [0.5, 0.6) is 11.5 Å². The molecule has 0 N–H and O–H groups in total. The Morgan fingerprint density at radius 3 is 2.47 bits per heavy atom. The summed E-state index contributed by atoms with van der Waals surface area (Å²) in [4.78, 5) is 10.2. The van der Waals surface area contributed by atoms with E-state index in [0.29, 0.717) is 18.1 Å². The molecule has 0 atom stereocenters. The molecule has 0 aliphatic carbocycles. The second-order valence-electron chi connectivity index (χ2n) is 5.60. The average molecular weight is 283 g/mol. The van der Waals surface area contributed by atoms with E-state index >= 15 is 0 Å². The summed E-state index contributed by atoms with van der Waals surface area (Å²) in [6.07, 6.45) is 0.996. The van der Waals surface area contributed by atoms with E-state index < -0.39 is 13.0 Å².